The van der Waals surface area contributed by atoms with Crippen molar-refractivity contribution >= 4 is 49.2 Å². The number of aromatic nitrogens is 1. The molecule has 0 atom stereocenters. The Morgan fingerprint density at radius 1 is 1.35 bits per heavy atom. The summed E-state index contributed by atoms with van der Waals surface area (Å²) in [7, 11) is 0. The molecule has 0 spiro atoms. The van der Waals surface area contributed by atoms with Gasteiger partial charge in [0.1, 0.15) is 11.4 Å². The summed E-state index contributed by atoms with van der Waals surface area (Å²) in [5.74, 6) is -1.41. The summed E-state index contributed by atoms with van der Waals surface area (Å²) in [4.78, 5) is 30.4. The van der Waals surface area contributed by atoms with Crippen molar-refractivity contribution in [3.63, 3.8) is 0 Å². The molecule has 0 radical (unpaired) electrons. The fourth-order valence-corrected chi connectivity index (χ4v) is 4.30. The maximum absolute atomic E-state index is 11.8. The lowest BCUT2D eigenvalue weighted by atomic mass is 10.4. The molecule has 6 nitrogen and oxygen atoms in total. The Balaban J connectivity index is 1.76. The predicted molar refractivity (Wildman–Crippen MR) is 78.9 cm³/mol. The third-order valence-electron chi connectivity index (χ3n) is 3.08. The first-order valence-corrected chi connectivity index (χ1v) is 7.92. The second-order valence-electron chi connectivity index (χ2n) is 4.55. The summed E-state index contributed by atoms with van der Waals surface area (Å²) in [6.07, 6.45) is 2.41. The molecule has 0 aromatic carbocycles. The van der Waals surface area contributed by atoms with Crippen LogP contribution >= 0.6 is 22.7 Å². The van der Waals surface area contributed by atoms with Gasteiger partial charge in [-0.1, -0.05) is 11.3 Å². The number of thiazole rings is 1. The third-order valence-corrected chi connectivity index (χ3v) is 5.30. The second kappa shape index (κ2) is 5.37. The summed E-state index contributed by atoms with van der Waals surface area (Å²) in [6, 6.07) is 1.79. The third kappa shape index (κ3) is 2.61. The van der Waals surface area contributed by atoms with Crippen LogP contribution in [0.4, 0.5) is 5.13 Å². The molecule has 1 aliphatic rings. The Bertz CT molecular complexity index is 626. The van der Waals surface area contributed by atoms with Crippen molar-refractivity contribution in [3.05, 3.63) is 10.9 Å². The number of carboxylic acids is 1. The van der Waals surface area contributed by atoms with Crippen molar-refractivity contribution in [1.29, 1.82) is 0 Å². The first-order valence-electron chi connectivity index (χ1n) is 6.29. The molecule has 8 heteroatoms. The number of carbonyl (C=O) groups excluding carboxylic acids is 1. The van der Waals surface area contributed by atoms with E-state index in [1.807, 2.05) is 0 Å². The lowest BCUT2D eigenvalue weighted by Crippen LogP contribution is -2.28. The minimum atomic E-state index is -1.05. The highest BCUT2D eigenvalue weighted by Gasteiger charge is 2.19. The van der Waals surface area contributed by atoms with E-state index in [0.29, 0.717) is 4.88 Å². The van der Waals surface area contributed by atoms with E-state index < -0.39 is 5.97 Å². The average Bonchev–Trinajstić information content (AvgIpc) is 3.08. The van der Waals surface area contributed by atoms with Crippen LogP contribution in [0.15, 0.2) is 6.07 Å². The molecule has 2 N–H and O–H groups in total. The lowest BCUT2D eigenvalue weighted by Gasteiger charge is -2.11. The van der Waals surface area contributed by atoms with E-state index in [2.05, 4.69) is 15.2 Å². The lowest BCUT2D eigenvalue weighted by molar-refractivity contribution is -0.135. The first kappa shape index (κ1) is 13.3. The van der Waals surface area contributed by atoms with Gasteiger partial charge in [-0.25, -0.2) is 4.98 Å². The van der Waals surface area contributed by atoms with Crippen LogP contribution in [-0.4, -0.2) is 41.6 Å². The molecule has 20 heavy (non-hydrogen) atoms. The summed E-state index contributed by atoms with van der Waals surface area (Å²) in [6.45, 7) is 1.73. The zero-order valence-corrected chi connectivity index (χ0v) is 12.2. The van der Waals surface area contributed by atoms with Gasteiger partial charge in [-0.2, -0.15) is 0 Å². The zero-order chi connectivity index (χ0) is 14.1. The largest absolute Gasteiger partial charge is 0.480 e. The normalized spacial score (nSPS) is 14.9. The van der Waals surface area contributed by atoms with Crippen LogP contribution in [0.3, 0.4) is 0 Å². The van der Waals surface area contributed by atoms with E-state index in [1.54, 1.807) is 17.4 Å². The summed E-state index contributed by atoms with van der Waals surface area (Å²) < 4.78 is 0.984. The fourth-order valence-electron chi connectivity index (χ4n) is 2.12. The standard InChI is InChI=1S/C12H13N3O3S2/c16-9(17)6-13-10(18)7-5-8-11(19-7)14-12(20-8)15-3-1-2-4-15/h5H,1-4,6H2,(H,13,18)(H,16,17). The smallest absolute Gasteiger partial charge is 0.322 e. The highest BCUT2D eigenvalue weighted by molar-refractivity contribution is 7.29. The molecule has 1 amide bonds. The van der Waals surface area contributed by atoms with Crippen LogP contribution in [0.1, 0.15) is 22.5 Å². The molecule has 0 unspecified atom stereocenters. The van der Waals surface area contributed by atoms with Crippen molar-refractivity contribution in [3.8, 4) is 0 Å². The van der Waals surface area contributed by atoms with Gasteiger partial charge in [0.15, 0.2) is 5.13 Å². The van der Waals surface area contributed by atoms with Crippen LogP contribution in [0.25, 0.3) is 9.53 Å². The molecule has 2 aromatic rings. The molecular formula is C12H13N3O3S2. The number of carboxylic acid groups (broad SMARTS) is 1. The molecule has 0 bridgehead atoms. The van der Waals surface area contributed by atoms with Gasteiger partial charge >= 0.3 is 5.97 Å². The van der Waals surface area contributed by atoms with E-state index in [0.717, 1.165) is 27.8 Å². The Labute approximate surface area is 123 Å². The number of amides is 1. The van der Waals surface area contributed by atoms with Crippen LogP contribution in [0.5, 0.6) is 0 Å². The molecule has 1 aliphatic heterocycles. The van der Waals surface area contributed by atoms with E-state index in [-0.39, 0.29) is 12.5 Å². The van der Waals surface area contributed by atoms with E-state index in [4.69, 9.17) is 5.11 Å². The first-order chi connectivity index (χ1) is 9.63. The van der Waals surface area contributed by atoms with Gasteiger partial charge in [0.05, 0.1) is 9.58 Å². The number of nitrogens with zero attached hydrogens (tertiary/aromatic N) is 2. The number of hydrogen-bond donors (Lipinski definition) is 2. The fraction of sp³-hybridized carbons (Fsp3) is 0.417. The predicted octanol–water partition coefficient (Wildman–Crippen LogP) is 1.77. The van der Waals surface area contributed by atoms with Crippen molar-refractivity contribution in [2.24, 2.45) is 0 Å². The molecule has 1 fully saturated rings. The highest BCUT2D eigenvalue weighted by Crippen LogP contribution is 2.35. The molecule has 106 valence electrons. The molecule has 3 rings (SSSR count). The topological polar surface area (TPSA) is 82.5 Å². The van der Waals surface area contributed by atoms with Gasteiger partial charge < -0.3 is 15.3 Å². The number of nitrogens with one attached hydrogen (secondary N) is 1. The van der Waals surface area contributed by atoms with Crippen LogP contribution in [-0.2, 0) is 4.79 Å². The van der Waals surface area contributed by atoms with Gasteiger partial charge in [0.25, 0.3) is 5.91 Å². The summed E-state index contributed by atoms with van der Waals surface area (Å²) >= 11 is 2.89. The number of rotatable bonds is 4. The van der Waals surface area contributed by atoms with Crippen LogP contribution < -0.4 is 10.2 Å². The molecule has 1 saturated heterocycles. The second-order valence-corrected chi connectivity index (χ2v) is 6.59. The monoisotopic (exact) mass is 311 g/mol. The summed E-state index contributed by atoms with van der Waals surface area (Å²) in [5, 5.41) is 11.9. The van der Waals surface area contributed by atoms with E-state index >= 15 is 0 Å². The van der Waals surface area contributed by atoms with Gasteiger partial charge in [-0.05, 0) is 18.9 Å². The Morgan fingerprint density at radius 2 is 2.10 bits per heavy atom. The number of thiophene rings is 1. The number of hydrogen-bond acceptors (Lipinski definition) is 6. The number of carbonyl (C=O) groups is 2. The van der Waals surface area contributed by atoms with Gasteiger partial charge in [-0.3, -0.25) is 9.59 Å². The minimum absolute atomic E-state index is 0.356. The van der Waals surface area contributed by atoms with E-state index in [9.17, 15) is 9.59 Å². The number of aliphatic carboxylic acids is 1. The average molecular weight is 311 g/mol. The molecule has 0 saturated carbocycles. The van der Waals surface area contributed by atoms with Crippen molar-refractivity contribution in [1.82, 2.24) is 10.3 Å². The number of fused-ring (bicyclic) bond motifs is 1. The zero-order valence-electron chi connectivity index (χ0n) is 10.6. The SMILES string of the molecule is O=C(O)CNC(=O)c1cc2sc(N3CCCC3)nc2s1. The van der Waals surface area contributed by atoms with Crippen molar-refractivity contribution in [2.45, 2.75) is 12.8 Å². The van der Waals surface area contributed by atoms with E-state index in [1.165, 1.54) is 24.2 Å². The van der Waals surface area contributed by atoms with Crippen molar-refractivity contribution in [2.75, 3.05) is 24.5 Å². The molecule has 0 aliphatic carbocycles. The quantitative estimate of drug-likeness (QED) is 0.899. The minimum Gasteiger partial charge on any atom is -0.480 e. The van der Waals surface area contributed by atoms with Crippen LogP contribution in [0.2, 0.25) is 0 Å². The molecule has 2 aromatic heterocycles. The summed E-state index contributed by atoms with van der Waals surface area (Å²) in [5.41, 5.74) is 0. The Morgan fingerprint density at radius 3 is 2.75 bits per heavy atom. The van der Waals surface area contributed by atoms with Gasteiger partial charge in [-0.15, -0.1) is 11.3 Å². The molecular weight excluding hydrogens is 298 g/mol. The highest BCUT2D eigenvalue weighted by atomic mass is 32.1. The molecule has 3 heterocycles. The van der Waals surface area contributed by atoms with Crippen molar-refractivity contribution < 1.29 is 14.7 Å². The van der Waals surface area contributed by atoms with Gasteiger partial charge in [0, 0.05) is 13.1 Å². The van der Waals surface area contributed by atoms with Gasteiger partial charge in [0.2, 0.25) is 0 Å². The number of anilines is 1. The van der Waals surface area contributed by atoms with Crippen LogP contribution in [0, 0.1) is 0 Å². The Hall–Kier alpha value is -1.67. The Kier molecular flexibility index (Phi) is 3.58. The maximum atomic E-state index is 11.8. The maximum Gasteiger partial charge on any atom is 0.322 e.